The number of benzene rings is 2. The number of Topliss-reactive ketones (excluding diaryl/α,β-unsaturated/α-hetero) is 1. The highest BCUT2D eigenvalue weighted by Crippen LogP contribution is 2.42. The number of rotatable bonds is 13. The number of likely N-dealkylation sites (N-methyl/N-ethyl adjacent to an activating group) is 1. The number of aliphatic hydroxyl groups is 1. The van der Waals surface area contributed by atoms with Crippen molar-refractivity contribution in [3.05, 3.63) is 65.0 Å². The van der Waals surface area contributed by atoms with Crippen molar-refractivity contribution >= 4 is 17.4 Å². The Hall–Kier alpha value is -3.39. The number of hydrogen-bond acceptors (Lipinski definition) is 6. The Morgan fingerprint density at radius 3 is 2.32 bits per heavy atom. The Labute approximate surface area is 218 Å². The van der Waals surface area contributed by atoms with Crippen LogP contribution in [0.15, 0.2) is 48.0 Å². The summed E-state index contributed by atoms with van der Waals surface area (Å²) in [7, 11) is 0. The van der Waals surface area contributed by atoms with E-state index in [2.05, 4.69) is 11.8 Å². The van der Waals surface area contributed by atoms with E-state index in [1.807, 2.05) is 20.8 Å². The van der Waals surface area contributed by atoms with E-state index in [-0.39, 0.29) is 16.9 Å². The molecule has 0 aliphatic carbocycles. The number of likely N-dealkylation sites (tertiary alicyclic amines) is 1. The van der Waals surface area contributed by atoms with Crippen molar-refractivity contribution in [1.82, 2.24) is 9.80 Å². The summed E-state index contributed by atoms with van der Waals surface area (Å²) in [6.45, 7) is 11.5. The van der Waals surface area contributed by atoms with Crippen molar-refractivity contribution in [2.24, 2.45) is 0 Å². The van der Waals surface area contributed by atoms with Gasteiger partial charge >= 0.3 is 0 Å². The minimum atomic E-state index is -0.829. The van der Waals surface area contributed by atoms with Gasteiger partial charge in [0.05, 0.1) is 24.8 Å². The maximum atomic E-state index is 13.5. The molecule has 1 fully saturated rings. The predicted octanol–water partition coefficient (Wildman–Crippen LogP) is 5.17. The first-order chi connectivity index (χ1) is 17.9. The summed E-state index contributed by atoms with van der Waals surface area (Å²) in [5, 5.41) is 11.2. The fourth-order valence-electron chi connectivity index (χ4n) is 4.42. The van der Waals surface area contributed by atoms with Gasteiger partial charge in [0.25, 0.3) is 11.7 Å². The number of aliphatic hydroxyl groups excluding tert-OH is 1. The van der Waals surface area contributed by atoms with Gasteiger partial charge in [0, 0.05) is 18.7 Å². The first-order valence-corrected chi connectivity index (χ1v) is 13.0. The van der Waals surface area contributed by atoms with Crippen molar-refractivity contribution in [2.45, 2.75) is 46.6 Å². The molecule has 1 amide bonds. The molecule has 200 valence electrons. The van der Waals surface area contributed by atoms with Crippen LogP contribution in [0.5, 0.6) is 11.5 Å². The number of hydrogen-bond donors (Lipinski definition) is 1. The topological polar surface area (TPSA) is 79.3 Å². The van der Waals surface area contributed by atoms with Gasteiger partial charge in [-0.05, 0) is 68.4 Å². The van der Waals surface area contributed by atoms with E-state index < -0.39 is 23.5 Å². The summed E-state index contributed by atoms with van der Waals surface area (Å²) >= 11 is 0. The summed E-state index contributed by atoms with van der Waals surface area (Å²) in [6, 6.07) is 9.70. The highest BCUT2D eigenvalue weighted by atomic mass is 19.1. The lowest BCUT2D eigenvalue weighted by atomic mass is 9.95. The number of halogens is 1. The number of carbonyl (C=O) groups excluding carboxylic acids is 2. The normalized spacial score (nSPS) is 17.0. The van der Waals surface area contributed by atoms with E-state index in [9.17, 15) is 19.1 Å². The molecule has 1 aliphatic rings. The third-order valence-corrected chi connectivity index (χ3v) is 6.55. The fraction of sp³-hybridized carbons (Fsp3) is 0.448. The summed E-state index contributed by atoms with van der Waals surface area (Å²) in [5.41, 5.74) is 0.852. The minimum Gasteiger partial charge on any atom is -0.507 e. The van der Waals surface area contributed by atoms with Crippen LogP contribution in [-0.2, 0) is 9.59 Å². The lowest BCUT2D eigenvalue weighted by molar-refractivity contribution is -0.140. The average molecular weight is 513 g/mol. The number of amides is 1. The fourth-order valence-corrected chi connectivity index (χ4v) is 4.42. The van der Waals surface area contributed by atoms with Crippen LogP contribution in [0.3, 0.4) is 0 Å². The second kappa shape index (κ2) is 13.2. The van der Waals surface area contributed by atoms with Crippen molar-refractivity contribution in [3.63, 3.8) is 0 Å². The van der Waals surface area contributed by atoms with Gasteiger partial charge in [0.1, 0.15) is 11.6 Å². The Balaban J connectivity index is 2.11. The van der Waals surface area contributed by atoms with Crippen molar-refractivity contribution in [2.75, 3.05) is 39.4 Å². The summed E-state index contributed by atoms with van der Waals surface area (Å²) in [5.74, 6) is -1.16. The number of carbonyl (C=O) groups is 2. The summed E-state index contributed by atoms with van der Waals surface area (Å²) < 4.78 is 25.3. The molecule has 1 saturated heterocycles. The Bertz CT molecular complexity index is 1110. The smallest absolute Gasteiger partial charge is 0.295 e. The van der Waals surface area contributed by atoms with Gasteiger partial charge in [-0.2, -0.15) is 0 Å². The molecule has 0 spiro atoms. The molecule has 1 atom stereocenters. The standard InChI is InChI=1S/C29H37FN2O5/c1-5-9-18-37-23-15-12-21(19-24(23)36-8-4)26-25(27(33)20-10-13-22(30)14-11-20)28(34)29(35)32(26)17-16-31(6-2)7-3/h10-15,19,26,33H,5-9,16-18H2,1-4H3. The molecule has 2 aromatic carbocycles. The quantitative estimate of drug-likeness (QED) is 0.173. The molecule has 0 aromatic heterocycles. The van der Waals surface area contributed by atoms with Crippen LogP contribution in [0.4, 0.5) is 4.39 Å². The van der Waals surface area contributed by atoms with Gasteiger partial charge in [-0.15, -0.1) is 0 Å². The third kappa shape index (κ3) is 6.49. The van der Waals surface area contributed by atoms with Crippen LogP contribution in [0.2, 0.25) is 0 Å². The monoisotopic (exact) mass is 512 g/mol. The van der Waals surface area contributed by atoms with E-state index in [0.29, 0.717) is 43.4 Å². The lowest BCUT2D eigenvalue weighted by Crippen LogP contribution is -2.38. The molecule has 8 heteroatoms. The highest BCUT2D eigenvalue weighted by Gasteiger charge is 2.46. The Kier molecular flexibility index (Phi) is 10.1. The molecule has 1 heterocycles. The van der Waals surface area contributed by atoms with Gasteiger partial charge < -0.3 is 24.4 Å². The van der Waals surface area contributed by atoms with E-state index >= 15 is 0 Å². The maximum absolute atomic E-state index is 13.5. The largest absolute Gasteiger partial charge is 0.507 e. The first kappa shape index (κ1) is 28.2. The first-order valence-electron chi connectivity index (χ1n) is 13.0. The van der Waals surface area contributed by atoms with Crippen LogP contribution in [0.1, 0.15) is 57.7 Å². The van der Waals surface area contributed by atoms with Gasteiger partial charge in [-0.1, -0.05) is 33.3 Å². The predicted molar refractivity (Wildman–Crippen MR) is 141 cm³/mol. The average Bonchev–Trinajstić information content (AvgIpc) is 3.15. The zero-order chi connectivity index (χ0) is 26.9. The molecule has 0 radical (unpaired) electrons. The highest BCUT2D eigenvalue weighted by molar-refractivity contribution is 6.46. The van der Waals surface area contributed by atoms with E-state index in [1.165, 1.54) is 29.2 Å². The minimum absolute atomic E-state index is 0.0294. The van der Waals surface area contributed by atoms with Gasteiger partial charge in [0.15, 0.2) is 11.5 Å². The van der Waals surface area contributed by atoms with Crippen molar-refractivity contribution in [3.8, 4) is 11.5 Å². The van der Waals surface area contributed by atoms with E-state index in [1.54, 1.807) is 18.2 Å². The number of unbranched alkanes of at least 4 members (excludes halogenated alkanes) is 1. The molecule has 7 nitrogen and oxygen atoms in total. The Morgan fingerprint density at radius 1 is 1.00 bits per heavy atom. The van der Waals surface area contributed by atoms with E-state index in [0.717, 1.165) is 25.9 Å². The van der Waals surface area contributed by atoms with Crippen LogP contribution < -0.4 is 9.47 Å². The van der Waals surface area contributed by atoms with Crippen LogP contribution in [0, 0.1) is 5.82 Å². The zero-order valence-electron chi connectivity index (χ0n) is 22.1. The number of ether oxygens (including phenoxy) is 2. The molecule has 0 bridgehead atoms. The molecule has 3 rings (SSSR count). The second-order valence-electron chi connectivity index (χ2n) is 8.87. The zero-order valence-corrected chi connectivity index (χ0v) is 22.1. The summed E-state index contributed by atoms with van der Waals surface area (Å²) in [6.07, 6.45) is 1.89. The Morgan fingerprint density at radius 2 is 1.70 bits per heavy atom. The molecule has 1 aliphatic heterocycles. The molecule has 37 heavy (non-hydrogen) atoms. The molecule has 1 N–H and O–H groups in total. The van der Waals surface area contributed by atoms with Gasteiger partial charge in [-0.25, -0.2) is 4.39 Å². The van der Waals surface area contributed by atoms with Crippen molar-refractivity contribution < 1.29 is 28.6 Å². The van der Waals surface area contributed by atoms with Gasteiger partial charge in [0.2, 0.25) is 0 Å². The molecular formula is C29H37FN2O5. The second-order valence-corrected chi connectivity index (χ2v) is 8.87. The number of nitrogens with zero attached hydrogens (tertiary/aromatic N) is 2. The van der Waals surface area contributed by atoms with E-state index in [4.69, 9.17) is 9.47 Å². The SMILES string of the molecule is CCCCOc1ccc(C2C(=C(O)c3ccc(F)cc3)C(=O)C(=O)N2CCN(CC)CC)cc1OCC. The lowest BCUT2D eigenvalue weighted by Gasteiger charge is -2.28. The van der Waals surface area contributed by atoms with Crippen molar-refractivity contribution in [1.29, 1.82) is 0 Å². The maximum Gasteiger partial charge on any atom is 0.295 e. The van der Waals surface area contributed by atoms with Crippen LogP contribution >= 0.6 is 0 Å². The number of ketones is 1. The summed E-state index contributed by atoms with van der Waals surface area (Å²) in [4.78, 5) is 30.1. The molecular weight excluding hydrogens is 475 g/mol. The molecule has 1 unspecified atom stereocenters. The molecule has 2 aromatic rings. The third-order valence-electron chi connectivity index (χ3n) is 6.55. The van der Waals surface area contributed by atoms with Crippen LogP contribution in [-0.4, -0.2) is 66.0 Å². The van der Waals surface area contributed by atoms with Gasteiger partial charge in [-0.3, -0.25) is 9.59 Å². The molecule has 0 saturated carbocycles. The van der Waals surface area contributed by atoms with Crippen LogP contribution in [0.25, 0.3) is 5.76 Å².